The topological polar surface area (TPSA) is 91.0 Å². The van der Waals surface area contributed by atoms with Gasteiger partial charge in [-0.15, -0.1) is 0 Å². The van der Waals surface area contributed by atoms with Crippen molar-refractivity contribution >= 4 is 15.9 Å². The van der Waals surface area contributed by atoms with Gasteiger partial charge in [0.1, 0.15) is 11.8 Å². The van der Waals surface area contributed by atoms with E-state index in [1.807, 2.05) is 27.7 Å². The van der Waals surface area contributed by atoms with Gasteiger partial charge in [0.2, 0.25) is 9.84 Å². The van der Waals surface area contributed by atoms with Crippen LogP contribution in [0, 0.1) is 11.3 Å². The first kappa shape index (κ1) is 19.7. The molecule has 0 saturated carbocycles. The first-order valence-corrected chi connectivity index (χ1v) is 9.81. The van der Waals surface area contributed by atoms with E-state index in [4.69, 9.17) is 0 Å². The van der Waals surface area contributed by atoms with Crippen molar-refractivity contribution in [3.05, 3.63) is 58.1 Å². The molecule has 26 heavy (non-hydrogen) atoms. The van der Waals surface area contributed by atoms with Crippen LogP contribution in [0.4, 0.5) is 0 Å². The second-order valence-electron chi connectivity index (χ2n) is 6.65. The summed E-state index contributed by atoms with van der Waals surface area (Å²) in [5.41, 5.74) is 2.00. The Morgan fingerprint density at radius 2 is 1.73 bits per heavy atom. The highest BCUT2D eigenvalue weighted by molar-refractivity contribution is 7.95. The van der Waals surface area contributed by atoms with E-state index in [1.165, 1.54) is 18.3 Å². The molecule has 1 heterocycles. The number of rotatable bonds is 5. The first-order chi connectivity index (χ1) is 12.2. The third-order valence-electron chi connectivity index (χ3n) is 4.05. The van der Waals surface area contributed by atoms with Crippen LogP contribution in [0.1, 0.15) is 56.2 Å². The Bertz CT molecular complexity index is 941. The molecule has 5 nitrogen and oxygen atoms in total. The summed E-state index contributed by atoms with van der Waals surface area (Å²) in [5.74, 6) is 0.329. The Morgan fingerprint density at radius 3 is 2.15 bits per heavy atom. The third kappa shape index (κ3) is 3.94. The van der Waals surface area contributed by atoms with Gasteiger partial charge in [0, 0.05) is 6.20 Å². The summed E-state index contributed by atoms with van der Waals surface area (Å²) in [5, 5.41) is 19.7. The number of aromatic hydroxyl groups is 1. The number of aromatic nitrogens is 1. The number of hydrogen-bond donors (Lipinski definition) is 1. The van der Waals surface area contributed by atoms with E-state index in [1.54, 1.807) is 30.3 Å². The molecule has 0 fully saturated rings. The lowest BCUT2D eigenvalue weighted by molar-refractivity contribution is 0.454. The van der Waals surface area contributed by atoms with Crippen LogP contribution >= 0.6 is 0 Å². The van der Waals surface area contributed by atoms with Gasteiger partial charge >= 0.3 is 0 Å². The summed E-state index contributed by atoms with van der Waals surface area (Å²) in [6.45, 7) is 7.79. The van der Waals surface area contributed by atoms with Gasteiger partial charge in [0.05, 0.1) is 0 Å². The highest BCUT2D eigenvalue weighted by Gasteiger charge is 2.23. The zero-order valence-corrected chi connectivity index (χ0v) is 16.1. The number of allylic oxidation sites excluding steroid dienone is 1. The Kier molecular flexibility index (Phi) is 5.83. The number of phenols is 1. The van der Waals surface area contributed by atoms with Crippen molar-refractivity contribution in [1.29, 1.82) is 5.26 Å². The van der Waals surface area contributed by atoms with Crippen molar-refractivity contribution in [1.82, 2.24) is 4.98 Å². The lowest BCUT2D eigenvalue weighted by Gasteiger charge is -2.16. The molecule has 0 saturated heterocycles. The average molecular weight is 370 g/mol. The van der Waals surface area contributed by atoms with Crippen LogP contribution in [0.2, 0.25) is 0 Å². The van der Waals surface area contributed by atoms with Crippen molar-refractivity contribution in [2.45, 2.75) is 44.6 Å². The van der Waals surface area contributed by atoms with Gasteiger partial charge in [-0.25, -0.2) is 13.4 Å². The first-order valence-electron chi connectivity index (χ1n) is 8.33. The fourth-order valence-electron chi connectivity index (χ4n) is 2.61. The number of phenolic OH excluding ortho intramolecular Hbond substituents is 1. The van der Waals surface area contributed by atoms with E-state index < -0.39 is 9.84 Å². The molecule has 0 aliphatic rings. The summed E-state index contributed by atoms with van der Waals surface area (Å²) >= 11 is 0. The predicted octanol–water partition coefficient (Wildman–Crippen LogP) is 4.37. The van der Waals surface area contributed by atoms with Crippen molar-refractivity contribution < 1.29 is 13.5 Å². The van der Waals surface area contributed by atoms with Crippen LogP contribution < -0.4 is 0 Å². The Hall–Kier alpha value is -2.65. The lowest BCUT2D eigenvalue weighted by Crippen LogP contribution is -2.05. The number of hydrogen-bond acceptors (Lipinski definition) is 5. The monoisotopic (exact) mass is 370 g/mol. The smallest absolute Gasteiger partial charge is 0.233 e. The molecule has 0 bridgehead atoms. The molecule has 0 atom stereocenters. The zero-order chi connectivity index (χ0) is 19.5. The van der Waals surface area contributed by atoms with Crippen molar-refractivity contribution in [2.24, 2.45) is 0 Å². The quantitative estimate of drug-likeness (QED) is 0.789. The molecule has 1 N–H and O–H groups in total. The molecular weight excluding hydrogens is 348 g/mol. The summed E-state index contributed by atoms with van der Waals surface area (Å²) in [4.78, 5) is 3.46. The molecule has 0 radical (unpaired) electrons. The number of benzene rings is 1. The molecule has 6 heteroatoms. The van der Waals surface area contributed by atoms with Crippen LogP contribution in [0.15, 0.2) is 46.5 Å². The van der Waals surface area contributed by atoms with E-state index in [0.717, 1.165) is 11.1 Å². The number of nitrogens with zero attached hydrogens (tertiary/aromatic N) is 2. The molecule has 0 aliphatic heterocycles. The summed E-state index contributed by atoms with van der Waals surface area (Å²) in [6.07, 6.45) is 2.71. The maximum absolute atomic E-state index is 12.7. The molecule has 2 rings (SSSR count). The predicted molar refractivity (Wildman–Crippen MR) is 101 cm³/mol. The van der Waals surface area contributed by atoms with Crippen molar-refractivity contribution in [3.8, 4) is 11.8 Å². The van der Waals surface area contributed by atoms with Crippen LogP contribution in [-0.4, -0.2) is 18.5 Å². The zero-order valence-electron chi connectivity index (χ0n) is 15.3. The van der Waals surface area contributed by atoms with E-state index in [-0.39, 0.29) is 27.5 Å². The Balaban J connectivity index is 2.65. The molecule has 136 valence electrons. The Morgan fingerprint density at radius 1 is 1.15 bits per heavy atom. The van der Waals surface area contributed by atoms with Crippen LogP contribution in [0.3, 0.4) is 0 Å². The molecule has 0 unspecified atom stereocenters. The van der Waals surface area contributed by atoms with Crippen molar-refractivity contribution in [2.75, 3.05) is 0 Å². The van der Waals surface area contributed by atoms with Gasteiger partial charge < -0.3 is 5.11 Å². The second kappa shape index (κ2) is 7.71. The fourth-order valence-corrected chi connectivity index (χ4v) is 3.70. The largest absolute Gasteiger partial charge is 0.507 e. The van der Waals surface area contributed by atoms with E-state index in [2.05, 4.69) is 4.98 Å². The average Bonchev–Trinajstić information content (AvgIpc) is 2.60. The minimum absolute atomic E-state index is 0.0544. The fraction of sp³-hybridized carbons (Fsp3) is 0.300. The molecule has 0 aliphatic carbocycles. The second-order valence-corrected chi connectivity index (χ2v) is 8.51. The number of sulfone groups is 1. The molecule has 1 aromatic heterocycles. The van der Waals surface area contributed by atoms with Gasteiger partial charge in [-0.05, 0) is 58.9 Å². The van der Waals surface area contributed by atoms with Crippen LogP contribution in [0.25, 0.3) is 6.08 Å². The van der Waals surface area contributed by atoms with Gasteiger partial charge in [-0.2, -0.15) is 5.26 Å². The summed E-state index contributed by atoms with van der Waals surface area (Å²) in [6, 6.07) is 9.74. The number of nitriles is 1. The summed E-state index contributed by atoms with van der Waals surface area (Å²) in [7, 11) is -4.00. The molecule has 0 amide bonds. The Labute approximate surface area is 154 Å². The molecule has 0 spiro atoms. The minimum Gasteiger partial charge on any atom is -0.507 e. The highest BCUT2D eigenvalue weighted by atomic mass is 32.2. The number of pyridine rings is 1. The van der Waals surface area contributed by atoms with Gasteiger partial charge in [-0.3, -0.25) is 0 Å². The SMILES string of the molecule is CC(C)c1cc(C=C(C#N)S(=O)(=O)c2ccccn2)cc(C(C)C)c1O. The third-order valence-corrected chi connectivity index (χ3v) is 5.63. The highest BCUT2D eigenvalue weighted by Crippen LogP contribution is 2.35. The van der Waals surface area contributed by atoms with Crippen molar-refractivity contribution in [3.63, 3.8) is 0 Å². The lowest BCUT2D eigenvalue weighted by atomic mass is 9.91. The van der Waals surface area contributed by atoms with Crippen LogP contribution in [-0.2, 0) is 9.84 Å². The van der Waals surface area contributed by atoms with Gasteiger partial charge in [0.15, 0.2) is 9.93 Å². The van der Waals surface area contributed by atoms with Gasteiger partial charge in [0.25, 0.3) is 0 Å². The summed E-state index contributed by atoms with van der Waals surface area (Å²) < 4.78 is 25.3. The van der Waals surface area contributed by atoms with E-state index in [9.17, 15) is 18.8 Å². The minimum atomic E-state index is -4.00. The van der Waals surface area contributed by atoms with Gasteiger partial charge in [-0.1, -0.05) is 33.8 Å². The molecular formula is C20H22N2O3S. The normalized spacial score (nSPS) is 12.4. The maximum atomic E-state index is 12.7. The maximum Gasteiger partial charge on any atom is 0.233 e. The standard InChI is InChI=1S/C20H22N2O3S/c1-13(2)17-10-15(11-18(14(3)4)20(17)23)9-16(12-21)26(24,25)19-7-5-6-8-22-19/h5-11,13-14,23H,1-4H3. The van der Waals surface area contributed by atoms with E-state index in [0.29, 0.717) is 5.56 Å². The molecule has 2 aromatic rings. The molecule has 1 aromatic carbocycles. The van der Waals surface area contributed by atoms with Crippen LogP contribution in [0.5, 0.6) is 5.75 Å². The van der Waals surface area contributed by atoms with E-state index >= 15 is 0 Å².